The van der Waals surface area contributed by atoms with Crippen LogP contribution in [-0.2, 0) is 16.0 Å². The Morgan fingerprint density at radius 3 is 3.05 bits per heavy atom. The van der Waals surface area contributed by atoms with Gasteiger partial charge in [0, 0.05) is 45.4 Å². The van der Waals surface area contributed by atoms with E-state index < -0.39 is 0 Å². The van der Waals surface area contributed by atoms with E-state index in [1.165, 1.54) is 6.07 Å². The van der Waals surface area contributed by atoms with Crippen LogP contribution in [0.3, 0.4) is 0 Å². The number of nitrogens with one attached hydrogen (secondary N) is 1. The Labute approximate surface area is 111 Å². The molecule has 2 rings (SSSR count). The molecule has 1 aromatic rings. The van der Waals surface area contributed by atoms with Gasteiger partial charge in [0.2, 0.25) is 0 Å². The Balaban J connectivity index is 1.88. The average molecular weight is 266 g/mol. The van der Waals surface area contributed by atoms with E-state index in [0.29, 0.717) is 26.3 Å². The molecule has 0 radical (unpaired) electrons. The number of non-ortho nitro benzene ring substituents is 1. The first-order valence-corrected chi connectivity index (χ1v) is 6.22. The molecule has 1 fully saturated rings. The Bertz CT molecular complexity index is 444. The summed E-state index contributed by atoms with van der Waals surface area (Å²) in [4.78, 5) is 10.3. The van der Waals surface area contributed by atoms with E-state index in [1.807, 2.05) is 6.07 Å². The van der Waals surface area contributed by atoms with Crippen molar-refractivity contribution in [2.24, 2.45) is 0 Å². The van der Waals surface area contributed by atoms with Gasteiger partial charge < -0.3 is 14.8 Å². The highest BCUT2D eigenvalue weighted by atomic mass is 16.6. The minimum atomic E-state index is -0.384. The minimum Gasteiger partial charge on any atom is -0.378 e. The number of nitro groups is 1. The fraction of sp³-hybridized carbons (Fsp3) is 0.538. The molecule has 1 N–H and O–H groups in total. The van der Waals surface area contributed by atoms with Gasteiger partial charge in [-0.05, 0) is 5.56 Å². The zero-order valence-corrected chi connectivity index (χ0v) is 10.9. The predicted molar refractivity (Wildman–Crippen MR) is 70.0 cm³/mol. The molecule has 1 aliphatic heterocycles. The fourth-order valence-corrected chi connectivity index (χ4v) is 2.18. The molecule has 0 amide bonds. The molecule has 19 heavy (non-hydrogen) atoms. The summed E-state index contributed by atoms with van der Waals surface area (Å²) in [5.41, 5.74) is 0.741. The molecule has 0 saturated carbocycles. The highest BCUT2D eigenvalue weighted by Crippen LogP contribution is 2.21. The molecule has 0 aromatic heterocycles. The lowest BCUT2D eigenvalue weighted by Gasteiger charge is -2.26. The molecule has 0 aliphatic carbocycles. The van der Waals surface area contributed by atoms with Crippen LogP contribution in [0.2, 0.25) is 0 Å². The Kier molecular flexibility index (Phi) is 4.47. The minimum absolute atomic E-state index is 0.116. The molecule has 1 saturated heterocycles. The number of rotatable bonds is 6. The molecule has 0 spiro atoms. The van der Waals surface area contributed by atoms with E-state index >= 15 is 0 Å². The molecule has 1 aromatic carbocycles. The Morgan fingerprint density at radius 1 is 1.58 bits per heavy atom. The van der Waals surface area contributed by atoms with Crippen LogP contribution in [0, 0.1) is 10.1 Å². The van der Waals surface area contributed by atoms with Crippen molar-refractivity contribution in [3.8, 4) is 0 Å². The predicted octanol–water partition coefficient (Wildman–Crippen LogP) is 1.49. The van der Waals surface area contributed by atoms with E-state index in [0.717, 1.165) is 12.0 Å². The first-order valence-electron chi connectivity index (χ1n) is 6.22. The third-order valence-electron chi connectivity index (χ3n) is 3.40. The van der Waals surface area contributed by atoms with Gasteiger partial charge >= 0.3 is 0 Å². The van der Waals surface area contributed by atoms with Gasteiger partial charge in [-0.1, -0.05) is 12.1 Å². The van der Waals surface area contributed by atoms with E-state index in [9.17, 15) is 10.1 Å². The zero-order chi connectivity index (χ0) is 13.7. The quantitative estimate of drug-likeness (QED) is 0.623. The van der Waals surface area contributed by atoms with Crippen LogP contribution in [-0.4, -0.2) is 37.4 Å². The van der Waals surface area contributed by atoms with Gasteiger partial charge in [-0.25, -0.2) is 0 Å². The van der Waals surface area contributed by atoms with Crippen LogP contribution in [0.5, 0.6) is 0 Å². The largest absolute Gasteiger partial charge is 0.378 e. The van der Waals surface area contributed by atoms with Crippen molar-refractivity contribution < 1.29 is 14.4 Å². The van der Waals surface area contributed by atoms with Crippen molar-refractivity contribution in [1.29, 1.82) is 0 Å². The summed E-state index contributed by atoms with van der Waals surface area (Å²) < 4.78 is 10.9. The van der Waals surface area contributed by atoms with Gasteiger partial charge in [0.25, 0.3) is 5.69 Å². The summed E-state index contributed by atoms with van der Waals surface area (Å²) in [5.74, 6) is 0. The smallest absolute Gasteiger partial charge is 0.269 e. The molecular weight excluding hydrogens is 248 g/mol. The second-order valence-corrected chi connectivity index (χ2v) is 4.72. The van der Waals surface area contributed by atoms with Gasteiger partial charge in [0.05, 0.1) is 11.5 Å². The first-order chi connectivity index (χ1) is 9.15. The number of hydrogen-bond donors (Lipinski definition) is 1. The molecule has 1 heterocycles. The van der Waals surface area contributed by atoms with Crippen molar-refractivity contribution in [3.63, 3.8) is 0 Å². The summed E-state index contributed by atoms with van der Waals surface area (Å²) >= 11 is 0. The molecule has 6 heteroatoms. The van der Waals surface area contributed by atoms with Crippen molar-refractivity contribution in [3.05, 3.63) is 39.9 Å². The lowest BCUT2D eigenvalue weighted by Crippen LogP contribution is -2.42. The SMILES string of the molecule is COC1(CNCc2cccc([N+](=O)[O-])c2)CCOC1. The van der Waals surface area contributed by atoms with Gasteiger partial charge in [-0.2, -0.15) is 0 Å². The number of nitrogens with zero attached hydrogens (tertiary/aromatic N) is 1. The van der Waals surface area contributed by atoms with Crippen LogP contribution < -0.4 is 5.32 Å². The molecular formula is C13H18N2O4. The second kappa shape index (κ2) is 6.10. The number of methoxy groups -OCH3 is 1. The second-order valence-electron chi connectivity index (χ2n) is 4.72. The van der Waals surface area contributed by atoms with Crippen LogP contribution in [0.1, 0.15) is 12.0 Å². The molecule has 1 unspecified atom stereocenters. The highest BCUT2D eigenvalue weighted by molar-refractivity contribution is 5.34. The van der Waals surface area contributed by atoms with Gasteiger partial charge in [-0.15, -0.1) is 0 Å². The lowest BCUT2D eigenvalue weighted by molar-refractivity contribution is -0.384. The molecule has 104 valence electrons. The molecule has 1 aliphatic rings. The van der Waals surface area contributed by atoms with Crippen LogP contribution in [0.4, 0.5) is 5.69 Å². The van der Waals surface area contributed by atoms with Crippen LogP contribution in [0.15, 0.2) is 24.3 Å². The number of hydrogen-bond acceptors (Lipinski definition) is 5. The van der Waals surface area contributed by atoms with E-state index in [-0.39, 0.29) is 16.2 Å². The number of benzene rings is 1. The highest BCUT2D eigenvalue weighted by Gasteiger charge is 2.34. The molecule has 1 atom stereocenters. The maximum atomic E-state index is 10.7. The zero-order valence-electron chi connectivity index (χ0n) is 10.9. The molecule has 0 bridgehead atoms. The summed E-state index contributed by atoms with van der Waals surface area (Å²) in [6.45, 7) is 2.55. The third-order valence-corrected chi connectivity index (χ3v) is 3.40. The monoisotopic (exact) mass is 266 g/mol. The van der Waals surface area contributed by atoms with Gasteiger partial charge in [0.15, 0.2) is 0 Å². The van der Waals surface area contributed by atoms with Gasteiger partial charge in [-0.3, -0.25) is 10.1 Å². The van der Waals surface area contributed by atoms with E-state index in [1.54, 1.807) is 19.2 Å². The number of nitro benzene ring substituents is 1. The number of ether oxygens (including phenoxy) is 2. The summed E-state index contributed by atoms with van der Waals surface area (Å²) in [6.07, 6.45) is 0.867. The topological polar surface area (TPSA) is 73.6 Å². The Morgan fingerprint density at radius 2 is 2.42 bits per heavy atom. The van der Waals surface area contributed by atoms with E-state index in [2.05, 4.69) is 5.32 Å². The van der Waals surface area contributed by atoms with Crippen molar-refractivity contribution in [1.82, 2.24) is 5.32 Å². The normalized spacial score (nSPS) is 22.6. The molecule has 6 nitrogen and oxygen atoms in total. The van der Waals surface area contributed by atoms with Gasteiger partial charge in [0.1, 0.15) is 5.60 Å². The third kappa shape index (κ3) is 3.50. The standard InChI is InChI=1S/C13H18N2O4/c1-18-13(5-6-19-10-13)9-14-8-11-3-2-4-12(7-11)15(16)17/h2-4,7,14H,5-6,8-10H2,1H3. The van der Waals surface area contributed by atoms with Crippen LogP contribution in [0.25, 0.3) is 0 Å². The fourth-order valence-electron chi connectivity index (χ4n) is 2.18. The first kappa shape index (κ1) is 13.9. The summed E-state index contributed by atoms with van der Waals surface area (Å²) in [6, 6.07) is 6.63. The maximum Gasteiger partial charge on any atom is 0.269 e. The van der Waals surface area contributed by atoms with Crippen molar-refractivity contribution in [2.75, 3.05) is 26.9 Å². The maximum absolute atomic E-state index is 10.7. The van der Waals surface area contributed by atoms with Crippen LogP contribution >= 0.6 is 0 Å². The lowest BCUT2D eigenvalue weighted by atomic mass is 10.0. The van der Waals surface area contributed by atoms with Crippen molar-refractivity contribution in [2.45, 2.75) is 18.6 Å². The summed E-state index contributed by atoms with van der Waals surface area (Å²) in [5, 5.41) is 14.0. The average Bonchev–Trinajstić information content (AvgIpc) is 2.88. The van der Waals surface area contributed by atoms with Crippen molar-refractivity contribution >= 4 is 5.69 Å². The summed E-state index contributed by atoms with van der Waals surface area (Å²) in [7, 11) is 1.68. The van der Waals surface area contributed by atoms with E-state index in [4.69, 9.17) is 9.47 Å². The Hall–Kier alpha value is -1.50.